The molecule has 0 saturated carbocycles. The minimum Gasteiger partial charge on any atom is -0.463 e. The van der Waals surface area contributed by atoms with E-state index in [1.54, 1.807) is 30.3 Å². The van der Waals surface area contributed by atoms with Gasteiger partial charge in [-0.2, -0.15) is 5.26 Å². The fraction of sp³-hybridized carbons (Fsp3) is 0. The van der Waals surface area contributed by atoms with Crippen LogP contribution in [0.25, 0.3) is 22.6 Å². The Morgan fingerprint density at radius 2 is 1.95 bits per heavy atom. The van der Waals surface area contributed by atoms with Crippen LogP contribution in [0.1, 0.15) is 5.56 Å². The van der Waals surface area contributed by atoms with E-state index in [4.69, 9.17) is 15.4 Å². The highest BCUT2D eigenvalue weighted by Gasteiger charge is 2.17. The van der Waals surface area contributed by atoms with E-state index in [0.717, 1.165) is 0 Å². The zero-order valence-electron chi connectivity index (χ0n) is 10.9. The number of aromatic nitrogens is 1. The number of hydrogen-bond acceptors (Lipinski definition) is 4. The van der Waals surface area contributed by atoms with Gasteiger partial charge in [-0.3, -0.25) is 0 Å². The van der Waals surface area contributed by atoms with Crippen LogP contribution in [0.4, 0.5) is 10.2 Å². The van der Waals surface area contributed by atoms with Crippen LogP contribution in [0.3, 0.4) is 0 Å². The summed E-state index contributed by atoms with van der Waals surface area (Å²) in [5.41, 5.74) is 7.16. The maximum Gasteiger partial charge on any atom is 0.152 e. The maximum atomic E-state index is 14.1. The molecule has 2 aromatic heterocycles. The fourth-order valence-electron chi connectivity index (χ4n) is 2.10. The first kappa shape index (κ1) is 12.9. The van der Waals surface area contributed by atoms with E-state index in [9.17, 15) is 4.39 Å². The molecule has 0 unspecified atom stereocenters. The van der Waals surface area contributed by atoms with Gasteiger partial charge in [-0.15, -0.1) is 0 Å². The van der Waals surface area contributed by atoms with Gasteiger partial charge in [-0.05, 0) is 24.3 Å². The van der Waals surface area contributed by atoms with Crippen molar-refractivity contribution in [1.29, 1.82) is 5.26 Å². The molecular weight excluding hydrogens is 269 g/mol. The van der Waals surface area contributed by atoms with E-state index in [0.29, 0.717) is 22.6 Å². The smallest absolute Gasteiger partial charge is 0.152 e. The molecule has 3 rings (SSSR count). The number of nitriles is 1. The average molecular weight is 279 g/mol. The standard InChI is InChI=1S/C16H10FN3O/c17-13-5-2-1-4-11(13)12-8-10(9-18)16(19)20-15(12)14-6-3-7-21-14/h1-8H,(H2,19,20). The third-order valence-electron chi connectivity index (χ3n) is 3.09. The van der Waals surface area contributed by atoms with Gasteiger partial charge in [0.25, 0.3) is 0 Å². The molecule has 102 valence electrons. The molecule has 0 spiro atoms. The normalized spacial score (nSPS) is 10.3. The summed E-state index contributed by atoms with van der Waals surface area (Å²) in [6, 6.07) is 13.2. The van der Waals surface area contributed by atoms with E-state index >= 15 is 0 Å². The number of halogens is 1. The predicted molar refractivity (Wildman–Crippen MR) is 76.5 cm³/mol. The largest absolute Gasteiger partial charge is 0.463 e. The van der Waals surface area contributed by atoms with Gasteiger partial charge in [0.15, 0.2) is 5.76 Å². The lowest BCUT2D eigenvalue weighted by molar-refractivity contribution is 0.580. The van der Waals surface area contributed by atoms with Gasteiger partial charge in [0.05, 0.1) is 11.8 Å². The molecule has 0 aliphatic carbocycles. The van der Waals surface area contributed by atoms with E-state index < -0.39 is 5.82 Å². The third-order valence-corrected chi connectivity index (χ3v) is 3.09. The van der Waals surface area contributed by atoms with Crippen LogP contribution >= 0.6 is 0 Å². The van der Waals surface area contributed by atoms with Crippen molar-refractivity contribution >= 4 is 5.82 Å². The number of nitrogen functional groups attached to an aromatic ring is 1. The van der Waals surface area contributed by atoms with Gasteiger partial charge in [-0.1, -0.05) is 18.2 Å². The molecule has 21 heavy (non-hydrogen) atoms. The number of rotatable bonds is 2. The Bertz CT molecular complexity index is 835. The first-order valence-corrected chi connectivity index (χ1v) is 6.20. The van der Waals surface area contributed by atoms with E-state index in [1.807, 2.05) is 6.07 Å². The number of hydrogen-bond donors (Lipinski definition) is 1. The lowest BCUT2D eigenvalue weighted by Gasteiger charge is -2.10. The zero-order valence-corrected chi connectivity index (χ0v) is 10.9. The number of furan rings is 1. The molecule has 3 aromatic rings. The lowest BCUT2D eigenvalue weighted by atomic mass is 10.00. The molecule has 0 aliphatic rings. The molecule has 0 amide bonds. The first-order valence-electron chi connectivity index (χ1n) is 6.20. The van der Waals surface area contributed by atoms with Crippen LogP contribution in [-0.4, -0.2) is 4.98 Å². The van der Waals surface area contributed by atoms with Crippen molar-refractivity contribution in [2.75, 3.05) is 5.73 Å². The van der Waals surface area contributed by atoms with Crippen LogP contribution in [0.5, 0.6) is 0 Å². The topological polar surface area (TPSA) is 75.8 Å². The van der Waals surface area contributed by atoms with Crippen LogP contribution in [0.2, 0.25) is 0 Å². The predicted octanol–water partition coefficient (Wildman–Crippen LogP) is 3.60. The van der Waals surface area contributed by atoms with Gasteiger partial charge < -0.3 is 10.2 Å². The molecule has 1 aromatic carbocycles. The summed E-state index contributed by atoms with van der Waals surface area (Å²) >= 11 is 0. The minimum absolute atomic E-state index is 0.0870. The fourth-order valence-corrected chi connectivity index (χ4v) is 2.10. The maximum absolute atomic E-state index is 14.1. The Balaban J connectivity index is 2.33. The summed E-state index contributed by atoms with van der Waals surface area (Å²) in [4.78, 5) is 4.20. The van der Waals surface area contributed by atoms with Gasteiger partial charge in [0, 0.05) is 11.1 Å². The molecule has 4 nitrogen and oxygen atoms in total. The second-order valence-electron chi connectivity index (χ2n) is 4.39. The minimum atomic E-state index is -0.402. The Hall–Kier alpha value is -3.13. The highest BCUT2D eigenvalue weighted by atomic mass is 19.1. The van der Waals surface area contributed by atoms with E-state index in [2.05, 4.69) is 4.98 Å². The molecule has 0 saturated heterocycles. The summed E-state index contributed by atoms with van der Waals surface area (Å²) in [6.45, 7) is 0. The van der Waals surface area contributed by atoms with Crippen molar-refractivity contribution in [3.63, 3.8) is 0 Å². The summed E-state index contributed by atoms with van der Waals surface area (Å²) in [6.07, 6.45) is 1.50. The average Bonchev–Trinajstić information content (AvgIpc) is 3.02. The summed E-state index contributed by atoms with van der Waals surface area (Å²) < 4.78 is 19.4. The number of nitrogens with two attached hydrogens (primary N) is 1. The third kappa shape index (κ3) is 2.23. The van der Waals surface area contributed by atoms with Crippen molar-refractivity contribution in [2.24, 2.45) is 0 Å². The SMILES string of the molecule is N#Cc1cc(-c2ccccc2F)c(-c2ccco2)nc1N. The molecule has 5 heteroatoms. The molecule has 2 N–H and O–H groups in total. The van der Waals surface area contributed by atoms with Crippen LogP contribution in [-0.2, 0) is 0 Å². The van der Waals surface area contributed by atoms with E-state index in [1.165, 1.54) is 18.4 Å². The molecule has 0 fully saturated rings. The monoisotopic (exact) mass is 279 g/mol. The van der Waals surface area contributed by atoms with Crippen LogP contribution < -0.4 is 5.73 Å². The molecule has 2 heterocycles. The van der Waals surface area contributed by atoms with Crippen LogP contribution in [0, 0.1) is 17.1 Å². The van der Waals surface area contributed by atoms with Crippen molar-refractivity contribution < 1.29 is 8.81 Å². The number of pyridine rings is 1. The summed E-state index contributed by atoms with van der Waals surface area (Å²) in [5, 5.41) is 9.09. The van der Waals surface area contributed by atoms with Gasteiger partial charge >= 0.3 is 0 Å². The van der Waals surface area contributed by atoms with Crippen LogP contribution in [0.15, 0.2) is 53.1 Å². The number of nitrogens with zero attached hydrogens (tertiary/aromatic N) is 2. The lowest BCUT2D eigenvalue weighted by Crippen LogP contribution is -1.99. The van der Waals surface area contributed by atoms with Gasteiger partial charge in [0.1, 0.15) is 23.4 Å². The van der Waals surface area contributed by atoms with E-state index in [-0.39, 0.29) is 11.4 Å². The van der Waals surface area contributed by atoms with Crippen molar-refractivity contribution in [3.8, 4) is 28.7 Å². The molecule has 0 bridgehead atoms. The van der Waals surface area contributed by atoms with Gasteiger partial charge in [0.2, 0.25) is 0 Å². The molecule has 0 radical (unpaired) electrons. The van der Waals surface area contributed by atoms with Crippen molar-refractivity contribution in [1.82, 2.24) is 4.98 Å². The molecule has 0 atom stereocenters. The quantitative estimate of drug-likeness (QED) is 0.777. The highest BCUT2D eigenvalue weighted by molar-refractivity contribution is 5.81. The van der Waals surface area contributed by atoms with Crippen molar-refractivity contribution in [2.45, 2.75) is 0 Å². The van der Waals surface area contributed by atoms with Crippen molar-refractivity contribution in [3.05, 3.63) is 60.1 Å². The first-order chi connectivity index (χ1) is 10.2. The second kappa shape index (κ2) is 5.10. The Morgan fingerprint density at radius 1 is 1.14 bits per heavy atom. The Labute approximate surface area is 120 Å². The molecular formula is C16H10FN3O. The number of benzene rings is 1. The molecule has 0 aliphatic heterocycles. The highest BCUT2D eigenvalue weighted by Crippen LogP contribution is 2.34. The number of anilines is 1. The Kier molecular flexibility index (Phi) is 3.13. The summed E-state index contributed by atoms with van der Waals surface area (Å²) in [5.74, 6) is 0.147. The second-order valence-corrected chi connectivity index (χ2v) is 4.39. The summed E-state index contributed by atoms with van der Waals surface area (Å²) in [7, 11) is 0. The van der Waals surface area contributed by atoms with Gasteiger partial charge in [-0.25, -0.2) is 9.37 Å². The Morgan fingerprint density at radius 3 is 2.62 bits per heavy atom. The zero-order chi connectivity index (χ0) is 14.8.